The fourth-order valence-electron chi connectivity index (χ4n) is 3.32. The number of nitrogens with zero attached hydrogens (tertiary/aromatic N) is 3. The third kappa shape index (κ3) is 6.29. The zero-order chi connectivity index (χ0) is 24.8. The van der Waals surface area contributed by atoms with Crippen molar-refractivity contribution in [1.29, 1.82) is 0 Å². The number of anilines is 2. The number of amides is 1. The van der Waals surface area contributed by atoms with E-state index in [0.717, 1.165) is 11.4 Å². The predicted octanol–water partition coefficient (Wildman–Crippen LogP) is 5.85. The van der Waals surface area contributed by atoms with Crippen molar-refractivity contribution in [3.63, 3.8) is 0 Å². The van der Waals surface area contributed by atoms with E-state index < -0.39 is 5.25 Å². The van der Waals surface area contributed by atoms with E-state index in [4.69, 9.17) is 11.6 Å². The van der Waals surface area contributed by atoms with E-state index in [2.05, 4.69) is 20.8 Å². The van der Waals surface area contributed by atoms with Gasteiger partial charge in [-0.15, -0.1) is 10.2 Å². The van der Waals surface area contributed by atoms with Crippen molar-refractivity contribution in [1.82, 2.24) is 14.8 Å². The molecule has 35 heavy (non-hydrogen) atoms. The van der Waals surface area contributed by atoms with Crippen molar-refractivity contribution < 1.29 is 9.59 Å². The fourth-order valence-corrected chi connectivity index (χ4v) is 4.33. The minimum absolute atomic E-state index is 0.0200. The Morgan fingerprint density at radius 2 is 1.60 bits per heavy atom. The summed E-state index contributed by atoms with van der Waals surface area (Å²) in [5.74, 6) is 0.517. The molecule has 0 aliphatic heterocycles. The van der Waals surface area contributed by atoms with Crippen LogP contribution in [0.1, 0.15) is 30.0 Å². The molecule has 0 spiro atoms. The molecule has 7 nitrogen and oxygen atoms in total. The Labute approximate surface area is 212 Å². The van der Waals surface area contributed by atoms with Crippen LogP contribution in [0.2, 0.25) is 5.02 Å². The van der Waals surface area contributed by atoms with Crippen LogP contribution in [0.5, 0.6) is 0 Å². The number of benzene rings is 3. The lowest BCUT2D eigenvalue weighted by atomic mass is 10.1. The maximum absolute atomic E-state index is 12.8. The molecule has 1 amide bonds. The van der Waals surface area contributed by atoms with Crippen molar-refractivity contribution in [3.8, 4) is 5.69 Å². The van der Waals surface area contributed by atoms with Crippen LogP contribution in [-0.2, 0) is 11.3 Å². The Morgan fingerprint density at radius 1 is 0.943 bits per heavy atom. The molecule has 0 unspecified atom stereocenters. The number of thioether (sulfide) groups is 1. The topological polar surface area (TPSA) is 88.9 Å². The summed E-state index contributed by atoms with van der Waals surface area (Å²) >= 11 is 7.30. The fraction of sp³-hybridized carbons (Fsp3) is 0.154. The van der Waals surface area contributed by atoms with Crippen LogP contribution in [-0.4, -0.2) is 31.7 Å². The number of nitrogens with one attached hydrogen (secondary N) is 2. The lowest BCUT2D eigenvalue weighted by Gasteiger charge is -2.14. The highest BCUT2D eigenvalue weighted by atomic mass is 35.5. The van der Waals surface area contributed by atoms with Crippen LogP contribution in [0.25, 0.3) is 5.69 Å². The normalized spacial score (nSPS) is 11.6. The van der Waals surface area contributed by atoms with Gasteiger partial charge in [0.05, 0.1) is 11.8 Å². The highest BCUT2D eigenvalue weighted by Gasteiger charge is 2.21. The molecular formula is C26H24ClN5O2S. The summed E-state index contributed by atoms with van der Waals surface area (Å²) in [5, 5.41) is 15.8. The van der Waals surface area contributed by atoms with Crippen LogP contribution in [0, 0.1) is 0 Å². The molecule has 0 aliphatic rings. The Morgan fingerprint density at radius 3 is 2.26 bits per heavy atom. The molecule has 0 bridgehead atoms. The van der Waals surface area contributed by atoms with Gasteiger partial charge in [0, 0.05) is 27.6 Å². The van der Waals surface area contributed by atoms with Gasteiger partial charge in [0.25, 0.3) is 0 Å². The maximum atomic E-state index is 12.8. The average molecular weight is 506 g/mol. The molecule has 0 saturated heterocycles. The van der Waals surface area contributed by atoms with Gasteiger partial charge in [0.1, 0.15) is 0 Å². The van der Waals surface area contributed by atoms with Crippen LogP contribution >= 0.6 is 23.4 Å². The molecular weight excluding hydrogens is 482 g/mol. The van der Waals surface area contributed by atoms with Gasteiger partial charge in [0.2, 0.25) is 5.91 Å². The van der Waals surface area contributed by atoms with Crippen LogP contribution < -0.4 is 10.6 Å². The van der Waals surface area contributed by atoms with Crippen LogP contribution in [0.4, 0.5) is 11.4 Å². The van der Waals surface area contributed by atoms with Crippen molar-refractivity contribution in [2.24, 2.45) is 0 Å². The number of Topliss-reactive ketones (excluding diaryl/α,β-unsaturated/α-hetero) is 1. The van der Waals surface area contributed by atoms with E-state index in [-0.39, 0.29) is 11.7 Å². The number of carbonyl (C=O) groups is 2. The van der Waals surface area contributed by atoms with Gasteiger partial charge < -0.3 is 10.6 Å². The molecule has 2 N–H and O–H groups in total. The van der Waals surface area contributed by atoms with Crippen LogP contribution in [0.3, 0.4) is 0 Å². The van der Waals surface area contributed by atoms with Crippen molar-refractivity contribution in [3.05, 3.63) is 95.3 Å². The third-order valence-electron chi connectivity index (χ3n) is 5.22. The summed E-state index contributed by atoms with van der Waals surface area (Å²) < 4.78 is 1.94. The Kier molecular flexibility index (Phi) is 7.84. The third-order valence-corrected chi connectivity index (χ3v) is 6.51. The van der Waals surface area contributed by atoms with E-state index in [9.17, 15) is 9.59 Å². The van der Waals surface area contributed by atoms with Crippen molar-refractivity contribution >= 4 is 46.4 Å². The highest BCUT2D eigenvalue weighted by Crippen LogP contribution is 2.27. The molecule has 0 fully saturated rings. The Balaban J connectivity index is 1.50. The highest BCUT2D eigenvalue weighted by molar-refractivity contribution is 8.00. The zero-order valence-corrected chi connectivity index (χ0v) is 20.8. The first-order valence-electron chi connectivity index (χ1n) is 11.0. The number of para-hydroxylation sites is 1. The second-order valence-corrected chi connectivity index (χ2v) is 9.56. The first-order chi connectivity index (χ1) is 16.9. The van der Waals surface area contributed by atoms with Gasteiger partial charge in [-0.2, -0.15) is 0 Å². The largest absolute Gasteiger partial charge is 0.378 e. The lowest BCUT2D eigenvalue weighted by molar-refractivity contribution is -0.115. The molecule has 9 heteroatoms. The van der Waals surface area contributed by atoms with Crippen molar-refractivity contribution in [2.45, 2.75) is 30.8 Å². The quantitative estimate of drug-likeness (QED) is 0.219. The van der Waals surface area contributed by atoms with E-state index in [1.807, 2.05) is 66.1 Å². The van der Waals surface area contributed by atoms with Gasteiger partial charge in [-0.1, -0.05) is 41.6 Å². The number of ketones is 1. The summed E-state index contributed by atoms with van der Waals surface area (Å²) in [6, 6.07) is 24.1. The number of rotatable bonds is 9. The van der Waals surface area contributed by atoms with Gasteiger partial charge in [0.15, 0.2) is 16.8 Å². The predicted molar refractivity (Wildman–Crippen MR) is 141 cm³/mol. The molecule has 4 rings (SSSR count). The minimum Gasteiger partial charge on any atom is -0.378 e. The van der Waals surface area contributed by atoms with Gasteiger partial charge in [-0.3, -0.25) is 14.2 Å². The van der Waals surface area contributed by atoms with E-state index in [1.165, 1.54) is 18.7 Å². The standard InChI is InChI=1S/C26H24ClN5O2S/c1-17(33)19-8-12-22(13-9-19)29-25(34)18(2)35-26-31-30-24(32(26)23-6-4-3-5-7-23)16-28-21-14-10-20(27)11-15-21/h3-15,18,28H,16H2,1-2H3,(H,29,34)/t18-/m1/s1. The van der Waals surface area contributed by atoms with Gasteiger partial charge in [-0.25, -0.2) is 0 Å². The summed E-state index contributed by atoms with van der Waals surface area (Å²) in [5.41, 5.74) is 3.04. The van der Waals surface area contributed by atoms with Gasteiger partial charge in [-0.05, 0) is 74.5 Å². The molecule has 178 valence electrons. The molecule has 0 aliphatic carbocycles. The number of aromatic nitrogens is 3. The monoisotopic (exact) mass is 505 g/mol. The Bertz CT molecular complexity index is 1310. The molecule has 1 heterocycles. The second-order valence-electron chi connectivity index (χ2n) is 7.81. The molecule has 4 aromatic rings. The average Bonchev–Trinajstić information content (AvgIpc) is 3.26. The first kappa shape index (κ1) is 24.5. The number of hydrogen-bond acceptors (Lipinski definition) is 6. The summed E-state index contributed by atoms with van der Waals surface area (Å²) in [7, 11) is 0. The lowest BCUT2D eigenvalue weighted by Crippen LogP contribution is -2.23. The summed E-state index contributed by atoms with van der Waals surface area (Å²) in [6.07, 6.45) is 0. The number of halogens is 1. The minimum atomic E-state index is -0.439. The molecule has 0 radical (unpaired) electrons. The molecule has 1 aromatic heterocycles. The number of carbonyl (C=O) groups excluding carboxylic acids is 2. The van der Waals surface area contributed by atoms with E-state index in [0.29, 0.717) is 33.8 Å². The summed E-state index contributed by atoms with van der Waals surface area (Å²) in [6.45, 7) is 3.77. The smallest absolute Gasteiger partial charge is 0.237 e. The maximum Gasteiger partial charge on any atom is 0.237 e. The van der Waals surface area contributed by atoms with E-state index >= 15 is 0 Å². The second kappa shape index (κ2) is 11.2. The Hall–Kier alpha value is -3.62. The van der Waals surface area contributed by atoms with E-state index in [1.54, 1.807) is 24.3 Å². The number of hydrogen-bond donors (Lipinski definition) is 2. The van der Waals surface area contributed by atoms with Crippen molar-refractivity contribution in [2.75, 3.05) is 10.6 Å². The molecule has 0 saturated carbocycles. The zero-order valence-electron chi connectivity index (χ0n) is 19.2. The van der Waals surface area contributed by atoms with Crippen LogP contribution in [0.15, 0.2) is 84.0 Å². The SMILES string of the molecule is CC(=O)c1ccc(NC(=O)[C@@H](C)Sc2nnc(CNc3ccc(Cl)cc3)n2-c2ccccc2)cc1. The molecule has 3 aromatic carbocycles. The van der Waals surface area contributed by atoms with Gasteiger partial charge >= 0.3 is 0 Å². The molecule has 1 atom stereocenters. The summed E-state index contributed by atoms with van der Waals surface area (Å²) in [4.78, 5) is 24.3. The first-order valence-corrected chi connectivity index (χ1v) is 12.2.